The maximum atomic E-state index is 11.2. The van der Waals surface area contributed by atoms with E-state index >= 15 is 0 Å². The van der Waals surface area contributed by atoms with Gasteiger partial charge in [0.25, 0.3) is 0 Å². The first-order valence-electron chi connectivity index (χ1n) is 4.41. The first-order chi connectivity index (χ1) is 7.03. The summed E-state index contributed by atoms with van der Waals surface area (Å²) in [6, 6.07) is 3.40. The minimum atomic E-state index is -3.44. The largest absolute Gasteiger partial charge is 0.225 e. The number of thiophene rings is 1. The molecule has 1 unspecified atom stereocenters. The van der Waals surface area contributed by atoms with Gasteiger partial charge in [0.05, 0.1) is 6.07 Å². The maximum absolute atomic E-state index is 11.2. The second-order valence-electron chi connectivity index (χ2n) is 3.27. The van der Waals surface area contributed by atoms with E-state index in [1.807, 2.05) is 16.8 Å². The predicted octanol–water partition coefficient (Wildman–Crippen LogP) is 1.12. The van der Waals surface area contributed by atoms with E-state index in [2.05, 4.69) is 4.72 Å². The number of nitrogens with one attached hydrogen (secondary N) is 1. The van der Waals surface area contributed by atoms with Crippen molar-refractivity contribution >= 4 is 21.4 Å². The summed E-state index contributed by atoms with van der Waals surface area (Å²) in [7, 11) is -3.44. The Morgan fingerprint density at radius 1 is 1.67 bits per heavy atom. The highest BCUT2D eigenvalue weighted by Crippen LogP contribution is 2.08. The van der Waals surface area contributed by atoms with Gasteiger partial charge in [-0.25, -0.2) is 13.1 Å². The summed E-state index contributed by atoms with van der Waals surface area (Å²) in [5.41, 5.74) is 1.10. The Bertz CT molecular complexity index is 431. The normalized spacial score (nSPS) is 13.3. The van der Waals surface area contributed by atoms with Crippen LogP contribution in [0.4, 0.5) is 0 Å². The van der Waals surface area contributed by atoms with Crippen LogP contribution in [0.25, 0.3) is 0 Å². The molecule has 1 aromatic heterocycles. The van der Waals surface area contributed by atoms with Gasteiger partial charge in [0, 0.05) is 6.04 Å². The molecule has 0 aliphatic rings. The zero-order valence-electron chi connectivity index (χ0n) is 8.30. The highest BCUT2D eigenvalue weighted by atomic mass is 32.2. The second kappa shape index (κ2) is 5.26. The maximum Gasteiger partial charge on any atom is 0.225 e. The Morgan fingerprint density at radius 3 is 2.93 bits per heavy atom. The van der Waals surface area contributed by atoms with Gasteiger partial charge in [0.15, 0.2) is 5.75 Å². The number of hydrogen-bond donors (Lipinski definition) is 1. The molecule has 1 heterocycles. The number of nitrogens with zero attached hydrogens (tertiary/aromatic N) is 1. The summed E-state index contributed by atoms with van der Waals surface area (Å²) < 4.78 is 24.9. The van der Waals surface area contributed by atoms with Crippen LogP contribution < -0.4 is 4.72 Å². The monoisotopic (exact) mass is 244 g/mol. The molecule has 0 aliphatic heterocycles. The second-order valence-corrected chi connectivity index (χ2v) is 5.81. The lowest BCUT2D eigenvalue weighted by atomic mass is 10.1. The molecule has 0 aromatic carbocycles. The number of hydrogen-bond acceptors (Lipinski definition) is 4. The van der Waals surface area contributed by atoms with Gasteiger partial charge in [-0.05, 0) is 35.7 Å². The summed E-state index contributed by atoms with van der Waals surface area (Å²) in [4.78, 5) is 0. The van der Waals surface area contributed by atoms with Gasteiger partial charge in [-0.2, -0.15) is 16.6 Å². The molecular formula is C9H12N2O2S2. The van der Waals surface area contributed by atoms with Gasteiger partial charge in [-0.1, -0.05) is 0 Å². The third-order valence-electron chi connectivity index (χ3n) is 1.76. The molecule has 4 nitrogen and oxygen atoms in total. The van der Waals surface area contributed by atoms with E-state index < -0.39 is 15.8 Å². The fourth-order valence-electron chi connectivity index (χ4n) is 1.24. The standard InChI is InChI=1S/C9H12N2O2S2/c1-8(6-9-2-4-14-7-9)11-15(12,13)5-3-10/h2,4,7-8,11H,5-6H2,1H3. The van der Waals surface area contributed by atoms with E-state index in [1.54, 1.807) is 24.3 Å². The number of nitriles is 1. The first-order valence-corrected chi connectivity index (χ1v) is 7.01. The summed E-state index contributed by atoms with van der Waals surface area (Å²) in [5.74, 6) is -0.485. The molecule has 1 aromatic rings. The molecule has 0 spiro atoms. The lowest BCUT2D eigenvalue weighted by Gasteiger charge is -2.11. The highest BCUT2D eigenvalue weighted by Gasteiger charge is 2.14. The molecule has 6 heteroatoms. The zero-order chi connectivity index (χ0) is 11.3. The van der Waals surface area contributed by atoms with Gasteiger partial charge in [0.2, 0.25) is 10.0 Å². The SMILES string of the molecule is CC(Cc1ccsc1)NS(=O)(=O)CC#N. The minimum absolute atomic E-state index is 0.182. The van der Waals surface area contributed by atoms with Crippen LogP contribution in [0.5, 0.6) is 0 Å². The molecule has 0 amide bonds. The fourth-order valence-corrected chi connectivity index (χ4v) is 2.87. The van der Waals surface area contributed by atoms with Crippen LogP contribution in [0.2, 0.25) is 0 Å². The van der Waals surface area contributed by atoms with Crippen LogP contribution >= 0.6 is 11.3 Å². The van der Waals surface area contributed by atoms with E-state index in [4.69, 9.17) is 5.26 Å². The first kappa shape index (κ1) is 12.2. The lowest BCUT2D eigenvalue weighted by molar-refractivity contribution is 0.563. The van der Waals surface area contributed by atoms with Gasteiger partial charge in [0.1, 0.15) is 0 Å². The third-order valence-corrected chi connectivity index (χ3v) is 3.76. The van der Waals surface area contributed by atoms with Crippen LogP contribution in [-0.4, -0.2) is 20.2 Å². The molecule has 1 rings (SSSR count). The molecule has 0 saturated heterocycles. The van der Waals surface area contributed by atoms with E-state index in [9.17, 15) is 8.42 Å². The zero-order valence-corrected chi connectivity index (χ0v) is 9.94. The van der Waals surface area contributed by atoms with E-state index in [-0.39, 0.29) is 6.04 Å². The van der Waals surface area contributed by atoms with Crippen molar-refractivity contribution in [3.63, 3.8) is 0 Å². The van der Waals surface area contributed by atoms with Crippen molar-refractivity contribution in [3.05, 3.63) is 22.4 Å². The minimum Gasteiger partial charge on any atom is -0.211 e. The molecule has 0 bridgehead atoms. The van der Waals surface area contributed by atoms with Crippen molar-refractivity contribution in [2.75, 3.05) is 5.75 Å². The van der Waals surface area contributed by atoms with Crippen molar-refractivity contribution in [1.82, 2.24) is 4.72 Å². The van der Waals surface area contributed by atoms with Crippen LogP contribution in [0.3, 0.4) is 0 Å². The summed E-state index contributed by atoms with van der Waals surface area (Å²) >= 11 is 1.58. The highest BCUT2D eigenvalue weighted by molar-refractivity contribution is 7.89. The Kier molecular flexibility index (Phi) is 4.27. The summed E-state index contributed by atoms with van der Waals surface area (Å²) in [6.07, 6.45) is 0.647. The average molecular weight is 244 g/mol. The Morgan fingerprint density at radius 2 is 2.40 bits per heavy atom. The quantitative estimate of drug-likeness (QED) is 0.844. The van der Waals surface area contributed by atoms with Gasteiger partial charge < -0.3 is 0 Å². The van der Waals surface area contributed by atoms with Crippen LogP contribution in [-0.2, 0) is 16.4 Å². The van der Waals surface area contributed by atoms with E-state index in [0.29, 0.717) is 6.42 Å². The molecule has 0 saturated carbocycles. The summed E-state index contributed by atoms with van der Waals surface area (Å²) in [5, 5.41) is 12.2. The Hall–Kier alpha value is -0.900. The Labute approximate surface area is 93.6 Å². The van der Waals surface area contributed by atoms with Crippen molar-refractivity contribution in [1.29, 1.82) is 5.26 Å². The molecule has 82 valence electrons. The third kappa shape index (κ3) is 4.42. The average Bonchev–Trinajstić information content (AvgIpc) is 2.54. The van der Waals surface area contributed by atoms with Crippen LogP contribution in [0.1, 0.15) is 12.5 Å². The Balaban J connectivity index is 2.50. The van der Waals surface area contributed by atoms with Gasteiger partial charge in [-0.3, -0.25) is 0 Å². The van der Waals surface area contributed by atoms with Gasteiger partial charge in [-0.15, -0.1) is 0 Å². The van der Waals surface area contributed by atoms with Crippen molar-refractivity contribution in [2.24, 2.45) is 0 Å². The van der Waals surface area contributed by atoms with Crippen molar-refractivity contribution in [3.8, 4) is 6.07 Å². The molecule has 0 aliphatic carbocycles. The summed E-state index contributed by atoms with van der Waals surface area (Å²) in [6.45, 7) is 1.78. The number of rotatable bonds is 5. The molecule has 1 N–H and O–H groups in total. The van der Waals surface area contributed by atoms with Crippen LogP contribution in [0.15, 0.2) is 16.8 Å². The smallest absolute Gasteiger partial charge is 0.211 e. The molecule has 0 fully saturated rings. The van der Waals surface area contributed by atoms with Crippen molar-refractivity contribution < 1.29 is 8.42 Å². The van der Waals surface area contributed by atoms with Gasteiger partial charge >= 0.3 is 0 Å². The van der Waals surface area contributed by atoms with E-state index in [0.717, 1.165) is 5.56 Å². The molecule has 1 atom stereocenters. The molecule has 0 radical (unpaired) electrons. The molecular weight excluding hydrogens is 232 g/mol. The fraction of sp³-hybridized carbons (Fsp3) is 0.444. The number of sulfonamides is 1. The van der Waals surface area contributed by atoms with E-state index in [1.165, 1.54) is 0 Å². The lowest BCUT2D eigenvalue weighted by Crippen LogP contribution is -2.35. The molecule has 15 heavy (non-hydrogen) atoms. The predicted molar refractivity (Wildman–Crippen MR) is 60.0 cm³/mol. The van der Waals surface area contributed by atoms with Crippen molar-refractivity contribution in [2.45, 2.75) is 19.4 Å². The topological polar surface area (TPSA) is 70.0 Å². The van der Waals surface area contributed by atoms with Crippen LogP contribution in [0, 0.1) is 11.3 Å².